The number of carbonyl (C=O) groups is 2. The summed E-state index contributed by atoms with van der Waals surface area (Å²) in [4.78, 5) is 28.1. The maximum Gasteiger partial charge on any atom is 0.264 e. The summed E-state index contributed by atoms with van der Waals surface area (Å²) in [7, 11) is 3.43. The van der Waals surface area contributed by atoms with Gasteiger partial charge in [-0.2, -0.15) is 0 Å². The molecular weight excluding hydrogens is 272 g/mol. The lowest BCUT2D eigenvalue weighted by Gasteiger charge is -2.25. The molecule has 1 unspecified atom stereocenters. The summed E-state index contributed by atoms with van der Waals surface area (Å²) in [6, 6.07) is 3.09. The van der Waals surface area contributed by atoms with Gasteiger partial charge in [0, 0.05) is 20.6 Å². The van der Waals surface area contributed by atoms with E-state index in [0.29, 0.717) is 15.8 Å². The molecule has 0 bridgehead atoms. The number of halogens is 1. The smallest absolute Gasteiger partial charge is 0.264 e. The summed E-state index contributed by atoms with van der Waals surface area (Å²) in [5.41, 5.74) is 0. The van der Waals surface area contributed by atoms with Gasteiger partial charge in [-0.3, -0.25) is 9.59 Å². The van der Waals surface area contributed by atoms with Crippen LogP contribution in [0.15, 0.2) is 12.1 Å². The highest BCUT2D eigenvalue weighted by atomic mass is 35.5. The Morgan fingerprint density at radius 1 is 1.44 bits per heavy atom. The zero-order chi connectivity index (χ0) is 13.3. The van der Waals surface area contributed by atoms with Gasteiger partial charge in [-0.1, -0.05) is 11.6 Å². The molecule has 1 aliphatic rings. The van der Waals surface area contributed by atoms with Crippen LogP contribution < -0.4 is 0 Å². The van der Waals surface area contributed by atoms with Crippen molar-refractivity contribution < 1.29 is 9.59 Å². The minimum absolute atomic E-state index is 0.0106. The van der Waals surface area contributed by atoms with Gasteiger partial charge in [0.2, 0.25) is 5.91 Å². The van der Waals surface area contributed by atoms with E-state index in [1.807, 2.05) is 0 Å². The molecule has 0 aromatic carbocycles. The fraction of sp³-hybridized carbons (Fsp3) is 0.500. The van der Waals surface area contributed by atoms with Gasteiger partial charge in [0.15, 0.2) is 0 Å². The number of carbonyl (C=O) groups excluding carboxylic acids is 2. The van der Waals surface area contributed by atoms with E-state index in [1.165, 1.54) is 16.2 Å². The van der Waals surface area contributed by atoms with Gasteiger partial charge in [0.05, 0.1) is 9.21 Å². The third kappa shape index (κ3) is 2.52. The molecule has 6 heteroatoms. The van der Waals surface area contributed by atoms with E-state index in [-0.39, 0.29) is 17.9 Å². The number of rotatable bonds is 2. The monoisotopic (exact) mass is 286 g/mol. The van der Waals surface area contributed by atoms with Gasteiger partial charge in [-0.25, -0.2) is 0 Å². The molecule has 0 aliphatic carbocycles. The van der Waals surface area contributed by atoms with Crippen molar-refractivity contribution >= 4 is 34.8 Å². The van der Waals surface area contributed by atoms with Gasteiger partial charge < -0.3 is 9.80 Å². The molecule has 0 saturated carbocycles. The molecule has 1 atom stereocenters. The Kier molecular flexibility index (Phi) is 3.92. The second-order valence-corrected chi connectivity index (χ2v) is 6.21. The Morgan fingerprint density at radius 3 is 2.72 bits per heavy atom. The molecule has 1 saturated heterocycles. The van der Waals surface area contributed by atoms with Crippen LogP contribution in [0.5, 0.6) is 0 Å². The maximum atomic E-state index is 12.3. The summed E-state index contributed by atoms with van der Waals surface area (Å²) in [5.74, 6) is -0.104. The van der Waals surface area contributed by atoms with E-state index in [1.54, 1.807) is 31.1 Å². The molecule has 0 radical (unpaired) electrons. The Bertz CT molecular complexity index is 472. The van der Waals surface area contributed by atoms with Crippen LogP contribution in [0.4, 0.5) is 0 Å². The number of likely N-dealkylation sites (tertiary alicyclic amines) is 1. The largest absolute Gasteiger partial charge is 0.347 e. The zero-order valence-electron chi connectivity index (χ0n) is 10.4. The molecule has 0 N–H and O–H groups in total. The summed E-state index contributed by atoms with van der Waals surface area (Å²) >= 11 is 7.09. The quantitative estimate of drug-likeness (QED) is 0.835. The fourth-order valence-electron chi connectivity index (χ4n) is 2.14. The van der Waals surface area contributed by atoms with E-state index in [4.69, 9.17) is 11.6 Å². The highest BCUT2D eigenvalue weighted by Crippen LogP contribution is 2.26. The first-order valence-corrected chi connectivity index (χ1v) is 6.97. The maximum absolute atomic E-state index is 12.3. The van der Waals surface area contributed by atoms with Gasteiger partial charge in [-0.15, -0.1) is 11.3 Å². The van der Waals surface area contributed by atoms with E-state index in [2.05, 4.69) is 0 Å². The van der Waals surface area contributed by atoms with Crippen molar-refractivity contribution in [2.24, 2.45) is 0 Å². The molecule has 1 aromatic rings. The van der Waals surface area contributed by atoms with Crippen molar-refractivity contribution in [1.82, 2.24) is 9.80 Å². The molecule has 18 heavy (non-hydrogen) atoms. The topological polar surface area (TPSA) is 40.6 Å². The van der Waals surface area contributed by atoms with Crippen molar-refractivity contribution in [2.45, 2.75) is 18.9 Å². The van der Waals surface area contributed by atoms with Crippen LogP contribution in [0.2, 0.25) is 4.34 Å². The SMILES string of the molecule is CN(C)C(=O)C1CCCN1C(=O)c1ccc(Cl)s1. The van der Waals surface area contributed by atoms with Crippen molar-refractivity contribution in [3.8, 4) is 0 Å². The number of thiophene rings is 1. The normalized spacial score (nSPS) is 19.1. The molecule has 1 aromatic heterocycles. The van der Waals surface area contributed by atoms with Crippen molar-refractivity contribution in [3.63, 3.8) is 0 Å². The first kappa shape index (κ1) is 13.4. The first-order chi connectivity index (χ1) is 8.50. The predicted octanol–water partition coefficient (Wildman–Crippen LogP) is 2.09. The number of nitrogens with zero attached hydrogens (tertiary/aromatic N) is 2. The summed E-state index contributed by atoms with van der Waals surface area (Å²) < 4.78 is 0.591. The van der Waals surface area contributed by atoms with Crippen LogP contribution >= 0.6 is 22.9 Å². The Morgan fingerprint density at radius 2 is 2.17 bits per heavy atom. The lowest BCUT2D eigenvalue weighted by Crippen LogP contribution is -2.45. The molecule has 2 heterocycles. The molecule has 2 rings (SSSR count). The standard InChI is InChI=1S/C12H15ClN2O2S/c1-14(2)11(16)8-4-3-7-15(8)12(17)9-5-6-10(13)18-9/h5-6,8H,3-4,7H2,1-2H3. The second kappa shape index (κ2) is 5.28. The average Bonchev–Trinajstić information content (AvgIpc) is 2.95. The number of hydrogen-bond donors (Lipinski definition) is 0. The van der Waals surface area contributed by atoms with Crippen LogP contribution in [0.25, 0.3) is 0 Å². The van der Waals surface area contributed by atoms with Crippen LogP contribution in [0.3, 0.4) is 0 Å². The Balaban J connectivity index is 2.17. The molecule has 1 aliphatic heterocycles. The molecule has 98 valence electrons. The second-order valence-electron chi connectivity index (χ2n) is 4.49. The zero-order valence-corrected chi connectivity index (χ0v) is 11.9. The van der Waals surface area contributed by atoms with E-state index in [0.717, 1.165) is 12.8 Å². The van der Waals surface area contributed by atoms with Crippen LogP contribution in [-0.4, -0.2) is 48.3 Å². The summed E-state index contributed by atoms with van der Waals surface area (Å²) in [6.07, 6.45) is 1.61. The predicted molar refractivity (Wildman–Crippen MR) is 72.1 cm³/mol. The molecular formula is C12H15ClN2O2S. The minimum atomic E-state index is -0.326. The van der Waals surface area contributed by atoms with Crippen LogP contribution in [0.1, 0.15) is 22.5 Å². The molecule has 2 amide bonds. The molecule has 4 nitrogen and oxygen atoms in total. The lowest BCUT2D eigenvalue weighted by molar-refractivity contribution is -0.132. The number of hydrogen-bond acceptors (Lipinski definition) is 3. The highest BCUT2D eigenvalue weighted by Gasteiger charge is 2.35. The first-order valence-electron chi connectivity index (χ1n) is 5.78. The Hall–Kier alpha value is -1.07. The molecule has 0 spiro atoms. The highest BCUT2D eigenvalue weighted by molar-refractivity contribution is 7.17. The van der Waals surface area contributed by atoms with E-state index < -0.39 is 0 Å². The van der Waals surface area contributed by atoms with Crippen LogP contribution in [0, 0.1) is 0 Å². The van der Waals surface area contributed by atoms with E-state index in [9.17, 15) is 9.59 Å². The van der Waals surface area contributed by atoms with Gasteiger partial charge in [-0.05, 0) is 25.0 Å². The third-order valence-corrected chi connectivity index (χ3v) is 4.24. The van der Waals surface area contributed by atoms with Crippen LogP contribution in [-0.2, 0) is 4.79 Å². The van der Waals surface area contributed by atoms with Crippen molar-refractivity contribution in [1.29, 1.82) is 0 Å². The average molecular weight is 287 g/mol. The minimum Gasteiger partial charge on any atom is -0.347 e. The number of likely N-dealkylation sites (N-methyl/N-ethyl adjacent to an activating group) is 1. The molecule has 1 fully saturated rings. The van der Waals surface area contributed by atoms with E-state index >= 15 is 0 Å². The third-order valence-electron chi connectivity index (χ3n) is 3.02. The van der Waals surface area contributed by atoms with Crippen molar-refractivity contribution in [3.05, 3.63) is 21.3 Å². The van der Waals surface area contributed by atoms with Gasteiger partial charge >= 0.3 is 0 Å². The van der Waals surface area contributed by atoms with Gasteiger partial charge in [0.1, 0.15) is 6.04 Å². The summed E-state index contributed by atoms with van der Waals surface area (Å²) in [5, 5.41) is 0. The Labute approximate surface area is 115 Å². The number of amides is 2. The lowest BCUT2D eigenvalue weighted by atomic mass is 10.2. The fourth-order valence-corrected chi connectivity index (χ4v) is 3.13. The van der Waals surface area contributed by atoms with Gasteiger partial charge in [0.25, 0.3) is 5.91 Å². The summed E-state index contributed by atoms with van der Waals surface area (Å²) in [6.45, 7) is 0.637. The van der Waals surface area contributed by atoms with Crippen molar-refractivity contribution in [2.75, 3.05) is 20.6 Å².